The Balaban J connectivity index is 1.96. The Labute approximate surface area is 180 Å². The van der Waals surface area contributed by atoms with Crippen molar-refractivity contribution < 1.29 is 29.8 Å². The van der Waals surface area contributed by atoms with E-state index in [1.165, 1.54) is 24.3 Å². The normalized spacial score (nSPS) is 12.5. The van der Waals surface area contributed by atoms with Gasteiger partial charge in [-0.3, -0.25) is 9.27 Å². The molecular formula is C19H18N2O7S3. The Morgan fingerprint density at radius 1 is 0.774 bits per heavy atom. The molecule has 0 amide bonds. The highest BCUT2D eigenvalue weighted by atomic mass is 32.2. The smallest absolute Gasteiger partial charge is 0.294 e. The van der Waals surface area contributed by atoms with Gasteiger partial charge in [0.05, 0.1) is 31.0 Å². The van der Waals surface area contributed by atoms with Gasteiger partial charge in [0.2, 0.25) is 9.84 Å². The molecule has 3 aromatic carbocycles. The maximum atomic E-state index is 12.8. The molecule has 0 aromatic heterocycles. The summed E-state index contributed by atoms with van der Waals surface area (Å²) >= 11 is 0. The zero-order valence-corrected chi connectivity index (χ0v) is 18.5. The highest BCUT2D eigenvalue weighted by molar-refractivity contribution is 7.93. The molecule has 31 heavy (non-hydrogen) atoms. The molecule has 0 saturated heterocycles. The quantitative estimate of drug-likeness (QED) is 0.357. The van der Waals surface area contributed by atoms with Gasteiger partial charge in [-0.15, -0.1) is 0 Å². The Kier molecular flexibility index (Phi) is 5.84. The minimum absolute atomic E-state index is 0.0144. The largest absolute Gasteiger partial charge is 0.398 e. The first-order chi connectivity index (χ1) is 14.3. The van der Waals surface area contributed by atoms with Crippen molar-refractivity contribution >= 4 is 41.4 Å². The highest BCUT2D eigenvalue weighted by Gasteiger charge is 2.23. The zero-order valence-electron chi connectivity index (χ0n) is 16.0. The van der Waals surface area contributed by atoms with Gasteiger partial charge in [0, 0.05) is 0 Å². The molecular weight excluding hydrogens is 464 g/mol. The van der Waals surface area contributed by atoms with Crippen molar-refractivity contribution in [3.63, 3.8) is 0 Å². The van der Waals surface area contributed by atoms with Gasteiger partial charge < -0.3 is 5.73 Å². The Morgan fingerprint density at radius 2 is 1.39 bits per heavy atom. The number of hydrogen-bond donors (Lipinski definition) is 3. The molecule has 0 unspecified atom stereocenters. The maximum absolute atomic E-state index is 12.8. The van der Waals surface area contributed by atoms with Crippen molar-refractivity contribution in [3.05, 3.63) is 72.3 Å². The number of hydrogen-bond acceptors (Lipinski definition) is 7. The van der Waals surface area contributed by atoms with Gasteiger partial charge in [-0.2, -0.15) is 8.42 Å². The number of rotatable bonds is 6. The fraction of sp³-hybridized carbons (Fsp3) is 0.0526. The average Bonchev–Trinajstić information content (AvgIpc) is 2.67. The van der Waals surface area contributed by atoms with Gasteiger partial charge in [0.15, 0.2) is 0 Å². The lowest BCUT2D eigenvalue weighted by Crippen LogP contribution is -2.14. The standard InChI is InChI=1S/C19H18N2O7S3/c1-13-5-7-15(8-6-13)29(22,23)19-10-9-16(12-18(19)20)30(24,25)21-14-3-2-4-17(11-14)31(26,27)28/h2-12,21H,20H2,1H3,(H,26,27,28). The second-order valence-electron chi connectivity index (χ2n) is 6.62. The van der Waals surface area contributed by atoms with E-state index in [9.17, 15) is 25.3 Å². The van der Waals surface area contributed by atoms with Gasteiger partial charge in [-0.1, -0.05) is 23.8 Å². The van der Waals surface area contributed by atoms with E-state index < -0.39 is 34.9 Å². The number of sulfonamides is 1. The Morgan fingerprint density at radius 3 is 1.97 bits per heavy atom. The third-order valence-corrected chi connectivity index (χ3v) is 8.37. The molecule has 0 bridgehead atoms. The fourth-order valence-corrected chi connectivity index (χ4v) is 5.69. The zero-order chi connectivity index (χ0) is 23.0. The van der Waals surface area contributed by atoms with Gasteiger partial charge in [-0.05, 0) is 55.5 Å². The van der Waals surface area contributed by atoms with Crippen LogP contribution in [0.4, 0.5) is 11.4 Å². The van der Waals surface area contributed by atoms with E-state index in [0.29, 0.717) is 0 Å². The van der Waals surface area contributed by atoms with Crippen molar-refractivity contribution in [3.8, 4) is 0 Å². The molecule has 0 saturated carbocycles. The summed E-state index contributed by atoms with van der Waals surface area (Å²) < 4.78 is 84.7. The fourth-order valence-electron chi connectivity index (χ4n) is 2.72. The average molecular weight is 483 g/mol. The molecule has 0 aliphatic heterocycles. The third kappa shape index (κ3) is 4.88. The van der Waals surface area contributed by atoms with E-state index in [1.54, 1.807) is 12.1 Å². The summed E-state index contributed by atoms with van der Waals surface area (Å²) in [6.45, 7) is 1.81. The van der Waals surface area contributed by atoms with E-state index in [4.69, 9.17) is 10.3 Å². The number of anilines is 2. The van der Waals surface area contributed by atoms with Gasteiger partial charge >= 0.3 is 0 Å². The summed E-state index contributed by atoms with van der Waals surface area (Å²) in [4.78, 5) is -1.05. The first-order valence-corrected chi connectivity index (χ1v) is 13.0. The lowest BCUT2D eigenvalue weighted by Gasteiger charge is -2.12. The van der Waals surface area contributed by atoms with Crippen LogP contribution in [0, 0.1) is 6.92 Å². The summed E-state index contributed by atoms with van der Waals surface area (Å²) in [6.07, 6.45) is 0. The highest BCUT2D eigenvalue weighted by Crippen LogP contribution is 2.29. The molecule has 0 aliphatic rings. The van der Waals surface area contributed by atoms with E-state index in [-0.39, 0.29) is 26.1 Å². The van der Waals surface area contributed by atoms with E-state index in [2.05, 4.69) is 4.72 Å². The molecule has 0 radical (unpaired) electrons. The first kappa shape index (κ1) is 22.7. The summed E-state index contributed by atoms with van der Waals surface area (Å²) in [7, 11) is -12.7. The van der Waals surface area contributed by atoms with Gasteiger partial charge in [0.1, 0.15) is 0 Å². The second kappa shape index (κ2) is 7.96. The molecule has 3 aromatic rings. The molecule has 3 rings (SSSR count). The van der Waals surface area contributed by atoms with Crippen LogP contribution in [0.1, 0.15) is 5.56 Å². The summed E-state index contributed by atoms with van der Waals surface area (Å²) in [5.41, 5.74) is 6.35. The second-order valence-corrected chi connectivity index (χ2v) is 11.6. The summed E-state index contributed by atoms with van der Waals surface area (Å²) in [6, 6.07) is 13.8. The molecule has 0 fully saturated rings. The van der Waals surface area contributed by atoms with Crippen LogP contribution in [0.3, 0.4) is 0 Å². The number of benzene rings is 3. The van der Waals surface area contributed by atoms with E-state index >= 15 is 0 Å². The number of nitrogen functional groups attached to an aromatic ring is 1. The SMILES string of the molecule is Cc1ccc(S(=O)(=O)c2ccc(S(=O)(=O)Nc3cccc(S(=O)(=O)O)c3)cc2N)cc1. The van der Waals surface area contributed by atoms with Crippen LogP contribution >= 0.6 is 0 Å². The maximum Gasteiger partial charge on any atom is 0.294 e. The van der Waals surface area contributed by atoms with E-state index in [0.717, 1.165) is 35.9 Å². The van der Waals surface area contributed by atoms with Gasteiger partial charge in [-0.25, -0.2) is 16.8 Å². The molecule has 164 valence electrons. The van der Waals surface area contributed by atoms with Crippen molar-refractivity contribution in [2.45, 2.75) is 26.5 Å². The molecule has 9 nitrogen and oxygen atoms in total. The van der Waals surface area contributed by atoms with Crippen LogP contribution in [0.15, 0.2) is 86.3 Å². The van der Waals surface area contributed by atoms with E-state index in [1.807, 2.05) is 6.92 Å². The Hall–Kier alpha value is -2.93. The van der Waals surface area contributed by atoms with Crippen molar-refractivity contribution in [2.24, 2.45) is 0 Å². The molecule has 0 spiro atoms. The van der Waals surface area contributed by atoms with Crippen LogP contribution in [-0.4, -0.2) is 29.8 Å². The van der Waals surface area contributed by atoms with Crippen molar-refractivity contribution in [1.82, 2.24) is 0 Å². The predicted molar refractivity (Wildman–Crippen MR) is 115 cm³/mol. The predicted octanol–water partition coefficient (Wildman–Crippen LogP) is 2.46. The number of sulfone groups is 1. The topological polar surface area (TPSA) is 161 Å². The minimum atomic E-state index is -4.52. The molecule has 4 N–H and O–H groups in total. The third-order valence-electron chi connectivity index (χ3n) is 4.30. The van der Waals surface area contributed by atoms with Crippen molar-refractivity contribution in [1.29, 1.82) is 0 Å². The number of nitrogens with two attached hydrogens (primary N) is 1. The molecule has 12 heteroatoms. The number of nitrogens with one attached hydrogen (secondary N) is 1. The van der Waals surface area contributed by atoms with Gasteiger partial charge in [0.25, 0.3) is 20.1 Å². The number of aryl methyl sites for hydroxylation is 1. The Bertz CT molecular complexity index is 1460. The molecule has 0 heterocycles. The van der Waals surface area contributed by atoms with Crippen LogP contribution in [-0.2, 0) is 30.0 Å². The van der Waals surface area contributed by atoms with Crippen LogP contribution < -0.4 is 10.5 Å². The lowest BCUT2D eigenvalue weighted by atomic mass is 10.2. The van der Waals surface area contributed by atoms with Crippen molar-refractivity contribution in [2.75, 3.05) is 10.5 Å². The van der Waals surface area contributed by atoms with Crippen LogP contribution in [0.5, 0.6) is 0 Å². The van der Waals surface area contributed by atoms with Crippen LogP contribution in [0.2, 0.25) is 0 Å². The summed E-state index contributed by atoms with van der Waals surface area (Å²) in [5.74, 6) is 0. The minimum Gasteiger partial charge on any atom is -0.398 e. The summed E-state index contributed by atoms with van der Waals surface area (Å²) in [5, 5.41) is 0. The van der Waals surface area contributed by atoms with Crippen LogP contribution in [0.25, 0.3) is 0 Å². The first-order valence-electron chi connectivity index (χ1n) is 8.62. The lowest BCUT2D eigenvalue weighted by molar-refractivity contribution is 0.483. The molecule has 0 aliphatic carbocycles. The monoisotopic (exact) mass is 482 g/mol. The molecule has 0 atom stereocenters.